The lowest BCUT2D eigenvalue weighted by Gasteiger charge is -2.26. The summed E-state index contributed by atoms with van der Waals surface area (Å²) in [5.41, 5.74) is 1.20. The Hall–Kier alpha value is -2.96. The summed E-state index contributed by atoms with van der Waals surface area (Å²) in [4.78, 5) is 28.0. The maximum Gasteiger partial charge on any atom is 0.290 e. The molecule has 1 saturated heterocycles. The number of hydrogen-bond acceptors (Lipinski definition) is 4. The number of hydrogen-bond donors (Lipinski definition) is 0. The fourth-order valence-electron chi connectivity index (χ4n) is 4.28. The second-order valence-electron chi connectivity index (χ2n) is 8.07. The van der Waals surface area contributed by atoms with Gasteiger partial charge in [-0.3, -0.25) is 9.59 Å². The van der Waals surface area contributed by atoms with Crippen LogP contribution in [0.5, 0.6) is 0 Å². The lowest BCUT2D eigenvalue weighted by molar-refractivity contribution is 0.0485. The van der Waals surface area contributed by atoms with Crippen molar-refractivity contribution < 1.29 is 13.9 Å². The Morgan fingerprint density at radius 3 is 2.72 bits per heavy atom. The predicted octanol–water partition coefficient (Wildman–Crippen LogP) is 5.53. The van der Waals surface area contributed by atoms with Gasteiger partial charge in [-0.05, 0) is 47.4 Å². The van der Waals surface area contributed by atoms with Gasteiger partial charge >= 0.3 is 0 Å². The smallest absolute Gasteiger partial charge is 0.290 e. The second-order valence-corrected chi connectivity index (χ2v) is 8.99. The summed E-state index contributed by atoms with van der Waals surface area (Å²) in [6.45, 7) is 1.56. The van der Waals surface area contributed by atoms with E-state index in [9.17, 15) is 9.59 Å². The molecule has 0 radical (unpaired) electrons. The molecule has 0 aliphatic carbocycles. The fourth-order valence-corrected chi connectivity index (χ4v) is 4.62. The highest BCUT2D eigenvalue weighted by Gasteiger charge is 2.26. The molecule has 1 aliphatic heterocycles. The maximum absolute atomic E-state index is 13.6. The van der Waals surface area contributed by atoms with Crippen LogP contribution in [0.2, 0.25) is 0 Å². The first-order valence-corrected chi connectivity index (χ1v) is 11.5. The number of fused-ring (bicyclic) bond motifs is 2. The molecule has 1 aromatic heterocycles. The number of halogens is 1. The minimum absolute atomic E-state index is 0.0183. The molecule has 1 atom stereocenters. The number of carbonyl (C=O) groups excluding carboxylic acids is 1. The van der Waals surface area contributed by atoms with E-state index in [-0.39, 0.29) is 23.2 Å². The summed E-state index contributed by atoms with van der Waals surface area (Å²) in [5, 5.41) is 2.67. The molecule has 2 heterocycles. The number of rotatable bonds is 5. The quantitative estimate of drug-likeness (QED) is 0.368. The summed E-state index contributed by atoms with van der Waals surface area (Å²) in [6, 6.07) is 20.7. The lowest BCUT2D eigenvalue weighted by Crippen LogP contribution is -2.37. The van der Waals surface area contributed by atoms with Gasteiger partial charge in [0.15, 0.2) is 11.2 Å². The zero-order chi connectivity index (χ0) is 22.1. The zero-order valence-corrected chi connectivity index (χ0v) is 19.0. The highest BCUT2D eigenvalue weighted by molar-refractivity contribution is 9.10. The van der Waals surface area contributed by atoms with Crippen LogP contribution in [-0.4, -0.2) is 30.1 Å². The van der Waals surface area contributed by atoms with E-state index in [0.717, 1.165) is 33.7 Å². The predicted molar refractivity (Wildman–Crippen MR) is 128 cm³/mol. The van der Waals surface area contributed by atoms with Crippen molar-refractivity contribution in [3.8, 4) is 0 Å². The van der Waals surface area contributed by atoms with Crippen LogP contribution in [0.4, 0.5) is 0 Å². The van der Waals surface area contributed by atoms with Crippen LogP contribution < -0.4 is 5.43 Å². The Labute approximate surface area is 193 Å². The van der Waals surface area contributed by atoms with Crippen LogP contribution in [-0.2, 0) is 11.3 Å². The molecule has 162 valence electrons. The molecule has 1 amide bonds. The first-order valence-electron chi connectivity index (χ1n) is 10.7. The average Bonchev–Trinajstić information content (AvgIpc) is 3.31. The molecule has 4 aromatic rings. The first kappa shape index (κ1) is 20.9. The number of benzene rings is 3. The van der Waals surface area contributed by atoms with Gasteiger partial charge in [-0.25, -0.2) is 0 Å². The maximum atomic E-state index is 13.6. The molecular formula is C26H22BrNO4. The van der Waals surface area contributed by atoms with E-state index in [4.69, 9.17) is 9.15 Å². The van der Waals surface area contributed by atoms with Crippen molar-refractivity contribution in [2.75, 3.05) is 13.2 Å². The summed E-state index contributed by atoms with van der Waals surface area (Å²) in [7, 11) is 0. The molecule has 32 heavy (non-hydrogen) atoms. The van der Waals surface area contributed by atoms with E-state index < -0.39 is 0 Å². The molecule has 3 aromatic carbocycles. The number of nitrogens with zero attached hydrogens (tertiary/aromatic N) is 1. The molecule has 1 fully saturated rings. The van der Waals surface area contributed by atoms with Crippen LogP contribution in [0.1, 0.15) is 29.0 Å². The third-order valence-electron chi connectivity index (χ3n) is 5.88. The molecular weight excluding hydrogens is 470 g/mol. The number of amides is 1. The molecule has 1 aliphatic rings. The monoisotopic (exact) mass is 491 g/mol. The van der Waals surface area contributed by atoms with Crippen molar-refractivity contribution in [3.05, 3.63) is 92.7 Å². The molecule has 0 spiro atoms. The Morgan fingerprint density at radius 2 is 1.88 bits per heavy atom. The van der Waals surface area contributed by atoms with Gasteiger partial charge in [0.2, 0.25) is 0 Å². The SMILES string of the molecule is O=C(c1cc(=O)c2ccc(Br)cc2o1)N(Cc1cccc2ccccc12)CC1CCCO1. The topological polar surface area (TPSA) is 59.8 Å². The van der Waals surface area contributed by atoms with Crippen molar-refractivity contribution in [1.29, 1.82) is 0 Å². The van der Waals surface area contributed by atoms with Gasteiger partial charge < -0.3 is 14.1 Å². The Morgan fingerprint density at radius 1 is 1.03 bits per heavy atom. The van der Waals surface area contributed by atoms with Gasteiger partial charge in [-0.1, -0.05) is 58.4 Å². The van der Waals surface area contributed by atoms with Crippen molar-refractivity contribution in [2.24, 2.45) is 0 Å². The molecule has 6 heteroatoms. The summed E-state index contributed by atoms with van der Waals surface area (Å²) in [6.07, 6.45) is 1.88. The van der Waals surface area contributed by atoms with Crippen LogP contribution in [0, 0.1) is 0 Å². The van der Waals surface area contributed by atoms with Gasteiger partial charge in [0.25, 0.3) is 5.91 Å². The largest absolute Gasteiger partial charge is 0.451 e. The van der Waals surface area contributed by atoms with Crippen LogP contribution >= 0.6 is 15.9 Å². The van der Waals surface area contributed by atoms with E-state index in [0.29, 0.717) is 30.7 Å². The second kappa shape index (κ2) is 8.88. The molecule has 0 saturated carbocycles. The van der Waals surface area contributed by atoms with Crippen molar-refractivity contribution in [2.45, 2.75) is 25.5 Å². The van der Waals surface area contributed by atoms with Crippen LogP contribution in [0.15, 0.2) is 80.4 Å². The van der Waals surface area contributed by atoms with E-state index >= 15 is 0 Å². The van der Waals surface area contributed by atoms with Crippen molar-refractivity contribution >= 4 is 43.6 Å². The Balaban J connectivity index is 1.53. The number of carbonyl (C=O) groups is 1. The standard InChI is InChI=1S/C26H22BrNO4/c27-19-10-11-22-23(29)14-25(32-24(22)13-19)26(30)28(16-20-8-4-12-31-20)15-18-7-3-6-17-5-1-2-9-21(17)18/h1-3,5-7,9-11,13-14,20H,4,8,12,15-16H2. The Bertz CT molecular complexity index is 1350. The normalized spacial score (nSPS) is 16.0. The van der Waals surface area contributed by atoms with Gasteiger partial charge in [0.1, 0.15) is 5.58 Å². The van der Waals surface area contributed by atoms with E-state index in [1.165, 1.54) is 6.07 Å². The lowest BCUT2D eigenvalue weighted by atomic mass is 10.0. The fraction of sp³-hybridized carbons (Fsp3) is 0.231. The third-order valence-corrected chi connectivity index (χ3v) is 6.37. The minimum Gasteiger partial charge on any atom is -0.451 e. The number of ether oxygens (including phenoxy) is 1. The molecule has 1 unspecified atom stereocenters. The highest BCUT2D eigenvalue weighted by Crippen LogP contribution is 2.24. The summed E-state index contributed by atoms with van der Waals surface area (Å²) >= 11 is 3.40. The molecule has 0 N–H and O–H groups in total. The van der Waals surface area contributed by atoms with E-state index in [1.807, 2.05) is 24.3 Å². The third kappa shape index (κ3) is 4.20. The molecule has 0 bridgehead atoms. The molecule has 5 rings (SSSR count). The van der Waals surface area contributed by atoms with Gasteiger partial charge in [-0.15, -0.1) is 0 Å². The highest BCUT2D eigenvalue weighted by atomic mass is 79.9. The zero-order valence-electron chi connectivity index (χ0n) is 17.4. The van der Waals surface area contributed by atoms with Crippen molar-refractivity contribution in [3.63, 3.8) is 0 Å². The minimum atomic E-state index is -0.313. The van der Waals surface area contributed by atoms with Gasteiger partial charge in [0.05, 0.1) is 11.5 Å². The van der Waals surface area contributed by atoms with Crippen LogP contribution in [0.3, 0.4) is 0 Å². The first-order chi connectivity index (χ1) is 15.6. The summed E-state index contributed by atoms with van der Waals surface area (Å²) in [5.74, 6) is -0.272. The average molecular weight is 492 g/mol. The molecule has 5 nitrogen and oxygen atoms in total. The van der Waals surface area contributed by atoms with Crippen molar-refractivity contribution in [1.82, 2.24) is 4.90 Å². The summed E-state index contributed by atoms with van der Waals surface area (Å²) < 4.78 is 12.5. The van der Waals surface area contributed by atoms with Gasteiger partial charge in [-0.2, -0.15) is 0 Å². The van der Waals surface area contributed by atoms with Crippen LogP contribution in [0.25, 0.3) is 21.7 Å². The Kier molecular flexibility index (Phi) is 5.81. The van der Waals surface area contributed by atoms with E-state index in [1.54, 1.807) is 23.1 Å². The van der Waals surface area contributed by atoms with E-state index in [2.05, 4.69) is 34.1 Å². The van der Waals surface area contributed by atoms with Gasteiger partial charge in [0, 0.05) is 30.2 Å².